The molecule has 0 amide bonds. The van der Waals surface area contributed by atoms with Gasteiger partial charge in [0.15, 0.2) is 0 Å². The van der Waals surface area contributed by atoms with Crippen LogP contribution in [0, 0.1) is 5.82 Å². The van der Waals surface area contributed by atoms with Gasteiger partial charge in [0.1, 0.15) is 17.7 Å². The molecular formula is C15H20FNO. The average molecular weight is 249 g/mol. The second-order valence-electron chi connectivity index (χ2n) is 4.55. The summed E-state index contributed by atoms with van der Waals surface area (Å²) in [6.45, 7) is 3.53. The highest BCUT2D eigenvalue weighted by Gasteiger charge is 2.12. The van der Waals surface area contributed by atoms with Crippen molar-refractivity contribution >= 4 is 0 Å². The zero-order valence-electron chi connectivity index (χ0n) is 10.8. The quantitative estimate of drug-likeness (QED) is 0.807. The summed E-state index contributed by atoms with van der Waals surface area (Å²) in [5, 5.41) is 3.20. The highest BCUT2D eigenvalue weighted by atomic mass is 19.1. The average Bonchev–Trinajstić information content (AvgIpc) is 2.40. The second-order valence-corrected chi connectivity index (χ2v) is 4.55. The summed E-state index contributed by atoms with van der Waals surface area (Å²) >= 11 is 0. The molecule has 1 aromatic carbocycles. The lowest BCUT2D eigenvalue weighted by atomic mass is 10.1. The van der Waals surface area contributed by atoms with E-state index < -0.39 is 0 Å². The molecule has 0 aromatic heterocycles. The van der Waals surface area contributed by atoms with E-state index in [2.05, 4.69) is 17.5 Å². The first kappa shape index (κ1) is 13.1. The molecule has 0 aliphatic heterocycles. The van der Waals surface area contributed by atoms with Gasteiger partial charge in [-0.3, -0.25) is 0 Å². The Morgan fingerprint density at radius 2 is 2.33 bits per heavy atom. The Morgan fingerprint density at radius 3 is 3.06 bits per heavy atom. The third-order valence-corrected chi connectivity index (χ3v) is 3.08. The predicted octanol–water partition coefficient (Wildman–Crippen LogP) is 3.42. The molecule has 0 heterocycles. The summed E-state index contributed by atoms with van der Waals surface area (Å²) in [6.07, 6.45) is 7.71. The highest BCUT2D eigenvalue weighted by molar-refractivity contribution is 5.34. The van der Waals surface area contributed by atoms with Crippen LogP contribution in [0.1, 0.15) is 31.7 Å². The van der Waals surface area contributed by atoms with Crippen LogP contribution in [0.3, 0.4) is 0 Å². The molecule has 98 valence electrons. The zero-order chi connectivity index (χ0) is 12.8. The normalized spacial score (nSPS) is 18.9. The summed E-state index contributed by atoms with van der Waals surface area (Å²) < 4.78 is 19.2. The van der Waals surface area contributed by atoms with E-state index in [0.29, 0.717) is 6.54 Å². The fourth-order valence-corrected chi connectivity index (χ4v) is 2.10. The smallest absolute Gasteiger partial charge is 0.124 e. The molecule has 18 heavy (non-hydrogen) atoms. The molecule has 1 aromatic rings. The van der Waals surface area contributed by atoms with Crippen molar-refractivity contribution in [1.82, 2.24) is 5.32 Å². The maximum atomic E-state index is 13.3. The Hall–Kier alpha value is -1.35. The van der Waals surface area contributed by atoms with Gasteiger partial charge in [-0.2, -0.15) is 0 Å². The van der Waals surface area contributed by atoms with Gasteiger partial charge < -0.3 is 10.1 Å². The molecule has 0 saturated carbocycles. The maximum Gasteiger partial charge on any atom is 0.124 e. The van der Waals surface area contributed by atoms with Crippen molar-refractivity contribution in [2.45, 2.75) is 38.8 Å². The topological polar surface area (TPSA) is 21.3 Å². The van der Waals surface area contributed by atoms with Crippen LogP contribution in [-0.4, -0.2) is 12.6 Å². The molecular weight excluding hydrogens is 229 g/mol. The van der Waals surface area contributed by atoms with Gasteiger partial charge in [0.2, 0.25) is 0 Å². The molecule has 1 N–H and O–H groups in total. The van der Waals surface area contributed by atoms with Crippen LogP contribution in [0.5, 0.6) is 5.75 Å². The van der Waals surface area contributed by atoms with Gasteiger partial charge in [-0.1, -0.05) is 13.0 Å². The van der Waals surface area contributed by atoms with E-state index in [1.54, 1.807) is 12.1 Å². The minimum absolute atomic E-state index is 0.129. The number of benzene rings is 1. The van der Waals surface area contributed by atoms with Gasteiger partial charge in [-0.15, -0.1) is 0 Å². The molecule has 0 fully saturated rings. The molecule has 1 unspecified atom stereocenters. The van der Waals surface area contributed by atoms with Crippen LogP contribution in [0.15, 0.2) is 30.4 Å². The van der Waals surface area contributed by atoms with Crippen molar-refractivity contribution in [2.24, 2.45) is 0 Å². The number of halogens is 1. The first-order valence-electron chi connectivity index (χ1n) is 6.62. The number of allylic oxidation sites excluding steroid dienone is 1. The lowest BCUT2D eigenvalue weighted by Crippen LogP contribution is -2.18. The predicted molar refractivity (Wildman–Crippen MR) is 71.2 cm³/mol. The number of hydrogen-bond donors (Lipinski definition) is 1. The molecule has 0 saturated heterocycles. The van der Waals surface area contributed by atoms with Crippen molar-refractivity contribution in [2.75, 3.05) is 6.54 Å². The number of rotatable bonds is 5. The van der Waals surface area contributed by atoms with Crippen molar-refractivity contribution in [3.8, 4) is 5.75 Å². The Balaban J connectivity index is 2.09. The van der Waals surface area contributed by atoms with E-state index in [9.17, 15) is 4.39 Å². The largest absolute Gasteiger partial charge is 0.486 e. The molecule has 0 radical (unpaired) electrons. The zero-order valence-corrected chi connectivity index (χ0v) is 10.8. The van der Waals surface area contributed by atoms with Gasteiger partial charge in [-0.05, 0) is 50.1 Å². The SMILES string of the molecule is CCNCc1cc(F)ccc1OC1C=CCCC1. The van der Waals surface area contributed by atoms with Gasteiger partial charge in [0.25, 0.3) is 0 Å². The van der Waals surface area contributed by atoms with Crippen molar-refractivity contribution in [3.63, 3.8) is 0 Å². The lowest BCUT2D eigenvalue weighted by Gasteiger charge is -2.20. The third-order valence-electron chi connectivity index (χ3n) is 3.08. The highest BCUT2D eigenvalue weighted by Crippen LogP contribution is 2.24. The molecule has 1 atom stereocenters. The van der Waals surface area contributed by atoms with Crippen LogP contribution in [0.4, 0.5) is 4.39 Å². The Bertz CT molecular complexity index is 417. The van der Waals surface area contributed by atoms with E-state index in [-0.39, 0.29) is 11.9 Å². The van der Waals surface area contributed by atoms with Gasteiger partial charge in [0, 0.05) is 12.1 Å². The van der Waals surface area contributed by atoms with Crippen LogP contribution in [0.2, 0.25) is 0 Å². The minimum atomic E-state index is -0.213. The van der Waals surface area contributed by atoms with Crippen molar-refractivity contribution in [1.29, 1.82) is 0 Å². The Kier molecular flexibility index (Phi) is 4.76. The van der Waals surface area contributed by atoms with E-state index in [1.165, 1.54) is 6.07 Å². The summed E-state index contributed by atoms with van der Waals surface area (Å²) in [5.74, 6) is 0.573. The van der Waals surface area contributed by atoms with Crippen LogP contribution >= 0.6 is 0 Å². The monoisotopic (exact) mass is 249 g/mol. The van der Waals surface area contributed by atoms with E-state index >= 15 is 0 Å². The molecule has 0 spiro atoms. The molecule has 1 aliphatic rings. The van der Waals surface area contributed by atoms with E-state index in [0.717, 1.165) is 37.1 Å². The van der Waals surface area contributed by atoms with Crippen molar-refractivity contribution < 1.29 is 9.13 Å². The van der Waals surface area contributed by atoms with Crippen LogP contribution in [-0.2, 0) is 6.54 Å². The molecule has 3 heteroatoms. The fraction of sp³-hybridized carbons (Fsp3) is 0.467. The Labute approximate surface area is 108 Å². The van der Waals surface area contributed by atoms with Crippen LogP contribution < -0.4 is 10.1 Å². The number of ether oxygens (including phenoxy) is 1. The minimum Gasteiger partial charge on any atom is -0.486 e. The lowest BCUT2D eigenvalue weighted by molar-refractivity contribution is 0.227. The first-order chi connectivity index (χ1) is 8.79. The fourth-order valence-electron chi connectivity index (χ4n) is 2.10. The first-order valence-corrected chi connectivity index (χ1v) is 6.62. The van der Waals surface area contributed by atoms with Crippen LogP contribution in [0.25, 0.3) is 0 Å². The van der Waals surface area contributed by atoms with E-state index in [4.69, 9.17) is 4.74 Å². The second kappa shape index (κ2) is 6.55. The number of hydrogen-bond acceptors (Lipinski definition) is 2. The maximum absolute atomic E-state index is 13.3. The van der Waals surface area contributed by atoms with E-state index in [1.807, 2.05) is 6.92 Å². The number of nitrogens with one attached hydrogen (secondary N) is 1. The summed E-state index contributed by atoms with van der Waals surface area (Å²) in [4.78, 5) is 0. The molecule has 1 aliphatic carbocycles. The molecule has 2 rings (SSSR count). The summed E-state index contributed by atoms with van der Waals surface area (Å²) in [7, 11) is 0. The summed E-state index contributed by atoms with van der Waals surface area (Å²) in [5.41, 5.74) is 0.885. The summed E-state index contributed by atoms with van der Waals surface area (Å²) in [6, 6.07) is 4.73. The molecule has 2 nitrogen and oxygen atoms in total. The molecule has 0 bridgehead atoms. The third kappa shape index (κ3) is 3.57. The standard InChI is InChI=1S/C15H20FNO/c1-2-17-11-12-10-13(16)8-9-15(12)18-14-6-4-3-5-7-14/h4,6,8-10,14,17H,2-3,5,7,11H2,1H3. The van der Waals surface area contributed by atoms with Gasteiger partial charge in [-0.25, -0.2) is 4.39 Å². The Morgan fingerprint density at radius 1 is 1.44 bits per heavy atom. The van der Waals surface area contributed by atoms with Crippen molar-refractivity contribution in [3.05, 3.63) is 41.7 Å². The van der Waals surface area contributed by atoms with Gasteiger partial charge >= 0.3 is 0 Å². The van der Waals surface area contributed by atoms with Gasteiger partial charge in [0.05, 0.1) is 0 Å².